The number of anilines is 2. The summed E-state index contributed by atoms with van der Waals surface area (Å²) in [4.78, 5) is 37.4. The Labute approximate surface area is 250 Å². The van der Waals surface area contributed by atoms with Crippen molar-refractivity contribution in [3.63, 3.8) is 0 Å². The fourth-order valence-electron chi connectivity index (χ4n) is 4.53. The van der Waals surface area contributed by atoms with E-state index in [0.717, 1.165) is 42.4 Å². The van der Waals surface area contributed by atoms with Crippen molar-refractivity contribution in [2.24, 2.45) is 0 Å². The minimum Gasteiger partial charge on any atom is -0.475 e. The smallest absolute Gasteiger partial charge is 0.475 e. The number of carboxylic acid groups (broad SMARTS) is 1. The number of halogens is 4. The molecule has 10 nitrogen and oxygen atoms in total. The third kappa shape index (κ3) is 8.75. The molecular formula is C30H30F4N6O4. The predicted octanol–water partition coefficient (Wildman–Crippen LogP) is 5.81. The molecule has 0 aliphatic heterocycles. The zero-order chi connectivity index (χ0) is 31.9. The standard InChI is InChI=1S/C28H29FN6O2.C2HF3O2/c1-35(2)26-23-5-3-4-6-24(23)33-28(34-26)32-21-11-9-20(10-12-21)31-27(36)18-15-16-30-25(17-18)37-22-13-7-19(29)8-14-22;3-2(4,5)1(6)7/h3-8,13-17,20-21H,9-12H2,1-2H3,(H,31,36)(H,32,33,34);(H,6,7)/t20-,21+;. The van der Waals surface area contributed by atoms with Crippen molar-refractivity contribution in [2.45, 2.75) is 43.9 Å². The topological polar surface area (TPSA) is 130 Å². The molecule has 1 saturated carbocycles. The average molecular weight is 615 g/mol. The number of carboxylic acids is 1. The molecule has 2 aromatic carbocycles. The Morgan fingerprint density at radius 2 is 1.59 bits per heavy atom. The van der Waals surface area contributed by atoms with Gasteiger partial charge in [0.1, 0.15) is 17.4 Å². The van der Waals surface area contributed by atoms with E-state index >= 15 is 0 Å². The second kappa shape index (κ2) is 14.0. The number of hydrogen-bond acceptors (Lipinski definition) is 8. The van der Waals surface area contributed by atoms with Gasteiger partial charge in [-0.15, -0.1) is 0 Å². The van der Waals surface area contributed by atoms with Gasteiger partial charge in [0.15, 0.2) is 0 Å². The number of amides is 1. The van der Waals surface area contributed by atoms with Gasteiger partial charge in [0, 0.05) is 49.4 Å². The van der Waals surface area contributed by atoms with E-state index in [1.54, 1.807) is 12.1 Å². The van der Waals surface area contributed by atoms with Gasteiger partial charge in [-0.3, -0.25) is 4.79 Å². The third-order valence-corrected chi connectivity index (χ3v) is 6.68. The number of nitrogens with one attached hydrogen (secondary N) is 2. The van der Waals surface area contributed by atoms with E-state index in [1.807, 2.05) is 43.3 Å². The van der Waals surface area contributed by atoms with Crippen LogP contribution in [-0.2, 0) is 4.79 Å². The van der Waals surface area contributed by atoms with Crippen LogP contribution in [-0.4, -0.2) is 64.3 Å². The van der Waals surface area contributed by atoms with Crippen molar-refractivity contribution in [3.8, 4) is 11.6 Å². The minimum atomic E-state index is -5.08. The van der Waals surface area contributed by atoms with Gasteiger partial charge in [-0.2, -0.15) is 18.2 Å². The number of carbonyl (C=O) groups excluding carboxylic acids is 1. The molecule has 0 unspecified atom stereocenters. The molecule has 1 amide bonds. The molecule has 4 aromatic rings. The van der Waals surface area contributed by atoms with Crippen molar-refractivity contribution in [1.29, 1.82) is 0 Å². The van der Waals surface area contributed by atoms with Gasteiger partial charge in [-0.05, 0) is 68.1 Å². The normalized spacial score (nSPS) is 16.3. The van der Waals surface area contributed by atoms with Crippen LogP contribution >= 0.6 is 0 Å². The molecule has 1 aliphatic rings. The lowest BCUT2D eigenvalue weighted by molar-refractivity contribution is -0.192. The van der Waals surface area contributed by atoms with E-state index in [2.05, 4.69) is 15.6 Å². The van der Waals surface area contributed by atoms with Crippen LogP contribution < -0.4 is 20.3 Å². The molecule has 3 N–H and O–H groups in total. The first-order valence-electron chi connectivity index (χ1n) is 13.6. The lowest BCUT2D eigenvalue weighted by Crippen LogP contribution is -2.40. The van der Waals surface area contributed by atoms with Crippen LogP contribution in [0.25, 0.3) is 10.9 Å². The molecule has 0 radical (unpaired) electrons. The zero-order valence-electron chi connectivity index (χ0n) is 23.8. The average Bonchev–Trinajstić information content (AvgIpc) is 2.99. The van der Waals surface area contributed by atoms with Gasteiger partial charge in [0.25, 0.3) is 5.91 Å². The highest BCUT2D eigenvalue weighted by Crippen LogP contribution is 2.27. The number of fused-ring (bicyclic) bond motifs is 1. The fraction of sp³-hybridized carbons (Fsp3) is 0.300. The van der Waals surface area contributed by atoms with Gasteiger partial charge in [-0.1, -0.05) is 12.1 Å². The van der Waals surface area contributed by atoms with E-state index in [0.29, 0.717) is 17.3 Å². The Bertz CT molecular complexity index is 1590. The summed E-state index contributed by atoms with van der Waals surface area (Å²) in [6.45, 7) is 0. The second-order valence-corrected chi connectivity index (χ2v) is 10.2. The number of pyridine rings is 1. The molecule has 1 aliphatic carbocycles. The summed E-state index contributed by atoms with van der Waals surface area (Å²) in [5.74, 6) is -1.04. The van der Waals surface area contributed by atoms with Crippen molar-refractivity contribution in [1.82, 2.24) is 20.3 Å². The molecule has 232 valence electrons. The molecule has 0 bridgehead atoms. The van der Waals surface area contributed by atoms with Crippen LogP contribution in [0.1, 0.15) is 36.0 Å². The van der Waals surface area contributed by atoms with Gasteiger partial charge in [0.2, 0.25) is 11.8 Å². The maximum Gasteiger partial charge on any atom is 0.490 e. The molecule has 1 fully saturated rings. The Hall–Kier alpha value is -5.01. The highest BCUT2D eigenvalue weighted by atomic mass is 19.4. The van der Waals surface area contributed by atoms with Crippen molar-refractivity contribution in [2.75, 3.05) is 24.3 Å². The van der Waals surface area contributed by atoms with E-state index in [1.165, 1.54) is 30.5 Å². The molecule has 5 rings (SSSR count). The maximum absolute atomic E-state index is 13.1. The second-order valence-electron chi connectivity index (χ2n) is 10.2. The number of hydrogen-bond donors (Lipinski definition) is 3. The molecule has 44 heavy (non-hydrogen) atoms. The Morgan fingerprint density at radius 1 is 0.955 bits per heavy atom. The summed E-state index contributed by atoms with van der Waals surface area (Å²) in [6.07, 6.45) is -0.0648. The summed E-state index contributed by atoms with van der Waals surface area (Å²) < 4.78 is 50.5. The lowest BCUT2D eigenvalue weighted by atomic mass is 9.91. The molecule has 0 saturated heterocycles. The summed E-state index contributed by atoms with van der Waals surface area (Å²) in [7, 11) is 3.96. The maximum atomic E-state index is 13.1. The number of carbonyl (C=O) groups is 2. The Kier molecular flexibility index (Phi) is 10.1. The largest absolute Gasteiger partial charge is 0.490 e. The Morgan fingerprint density at radius 3 is 2.23 bits per heavy atom. The first kappa shape index (κ1) is 31.9. The van der Waals surface area contributed by atoms with Gasteiger partial charge in [0.05, 0.1) is 5.52 Å². The van der Waals surface area contributed by atoms with Gasteiger partial charge >= 0.3 is 12.1 Å². The molecule has 2 aromatic heterocycles. The van der Waals surface area contributed by atoms with Crippen molar-refractivity contribution in [3.05, 3.63) is 78.2 Å². The molecule has 2 heterocycles. The summed E-state index contributed by atoms with van der Waals surface area (Å²) in [5, 5.41) is 14.8. The van der Waals surface area contributed by atoms with E-state index < -0.39 is 12.1 Å². The molecule has 0 atom stereocenters. The van der Waals surface area contributed by atoms with Crippen molar-refractivity contribution < 1.29 is 37.0 Å². The van der Waals surface area contributed by atoms with Crippen LogP contribution in [0.4, 0.5) is 29.3 Å². The molecule has 0 spiro atoms. The Balaban J connectivity index is 0.000000566. The lowest BCUT2D eigenvalue weighted by Gasteiger charge is -2.30. The van der Waals surface area contributed by atoms with Crippen LogP contribution in [0, 0.1) is 5.82 Å². The first-order chi connectivity index (χ1) is 20.9. The van der Waals surface area contributed by atoms with Crippen LogP contribution in [0.5, 0.6) is 11.6 Å². The molecule has 14 heteroatoms. The zero-order valence-corrected chi connectivity index (χ0v) is 23.8. The van der Waals surface area contributed by atoms with Gasteiger partial charge in [-0.25, -0.2) is 19.2 Å². The highest BCUT2D eigenvalue weighted by Gasteiger charge is 2.38. The summed E-state index contributed by atoms with van der Waals surface area (Å²) in [5.41, 5.74) is 1.37. The van der Waals surface area contributed by atoms with E-state index in [4.69, 9.17) is 24.6 Å². The quantitative estimate of drug-likeness (QED) is 0.221. The van der Waals surface area contributed by atoms with Crippen molar-refractivity contribution >= 4 is 34.5 Å². The van der Waals surface area contributed by atoms with E-state index in [9.17, 15) is 22.4 Å². The number of rotatable bonds is 7. The number of aliphatic carboxylic acids is 1. The van der Waals surface area contributed by atoms with Crippen LogP contribution in [0.3, 0.4) is 0 Å². The number of nitrogens with zero attached hydrogens (tertiary/aromatic N) is 4. The number of para-hydroxylation sites is 1. The first-order valence-corrected chi connectivity index (χ1v) is 13.6. The SMILES string of the molecule is CN(C)c1nc(N[C@H]2CC[C@@H](NC(=O)c3ccnc(Oc4ccc(F)cc4)c3)CC2)nc2ccccc12.O=C(O)C(F)(F)F. The number of ether oxygens (including phenoxy) is 1. The van der Waals surface area contributed by atoms with E-state index in [-0.39, 0.29) is 29.7 Å². The predicted molar refractivity (Wildman–Crippen MR) is 155 cm³/mol. The van der Waals surface area contributed by atoms with Crippen LogP contribution in [0.15, 0.2) is 66.9 Å². The third-order valence-electron chi connectivity index (χ3n) is 6.68. The number of aromatic nitrogens is 3. The van der Waals surface area contributed by atoms with Crippen LogP contribution in [0.2, 0.25) is 0 Å². The summed E-state index contributed by atoms with van der Waals surface area (Å²) >= 11 is 0. The molecular weight excluding hydrogens is 584 g/mol. The number of alkyl halides is 3. The fourth-order valence-corrected chi connectivity index (χ4v) is 4.53. The monoisotopic (exact) mass is 614 g/mol. The minimum absolute atomic E-state index is 0.0787. The van der Waals surface area contributed by atoms with Gasteiger partial charge < -0.3 is 25.4 Å². The highest BCUT2D eigenvalue weighted by molar-refractivity contribution is 5.94. The summed E-state index contributed by atoms with van der Waals surface area (Å²) in [6, 6.07) is 17.2. The number of benzene rings is 2.